The first-order valence-electron chi connectivity index (χ1n) is 8.28. The van der Waals surface area contributed by atoms with E-state index in [9.17, 15) is 0 Å². The van der Waals surface area contributed by atoms with Gasteiger partial charge in [0.05, 0.1) is 28.0 Å². The van der Waals surface area contributed by atoms with Crippen LogP contribution in [0.4, 0.5) is 0 Å². The summed E-state index contributed by atoms with van der Waals surface area (Å²) < 4.78 is 7.70. The van der Waals surface area contributed by atoms with Crippen LogP contribution in [0.3, 0.4) is 0 Å². The summed E-state index contributed by atoms with van der Waals surface area (Å²) in [5.41, 5.74) is 2.69. The molecule has 2 aromatic carbocycles. The van der Waals surface area contributed by atoms with Crippen molar-refractivity contribution in [2.24, 2.45) is 0 Å². The minimum atomic E-state index is -0.307. The monoisotopic (exact) mass is 375 g/mol. The lowest BCUT2D eigenvalue weighted by Crippen LogP contribution is -2.04. The normalized spacial score (nSPS) is 11.9. The van der Waals surface area contributed by atoms with Gasteiger partial charge in [0.2, 0.25) is 0 Å². The van der Waals surface area contributed by atoms with Crippen molar-refractivity contribution in [2.45, 2.75) is 13.0 Å². The zero-order valence-corrected chi connectivity index (χ0v) is 15.1. The highest BCUT2D eigenvalue weighted by Gasteiger charge is 2.15. The number of hydrogen-bond donors (Lipinski definition) is 0. The van der Waals surface area contributed by atoms with E-state index in [0.29, 0.717) is 16.3 Å². The molecule has 0 fully saturated rings. The lowest BCUT2D eigenvalue weighted by Gasteiger charge is -2.13. The van der Waals surface area contributed by atoms with Gasteiger partial charge in [-0.05, 0) is 43.3 Å². The van der Waals surface area contributed by atoms with Gasteiger partial charge in [-0.25, -0.2) is 4.68 Å². The van der Waals surface area contributed by atoms with Crippen LogP contribution >= 0.6 is 11.6 Å². The molecule has 0 saturated carbocycles. The number of pyridine rings is 1. The number of fused-ring (bicyclic) bond motifs is 1. The molecule has 0 bridgehead atoms. The summed E-state index contributed by atoms with van der Waals surface area (Å²) in [6.07, 6.45) is 3.20. The SMILES string of the molecule is C[C@@H](Oc1ccnc2ccccc12)c1cn(-c2ccc(C#N)c(Cl)c2)nn1. The first-order chi connectivity index (χ1) is 13.2. The quantitative estimate of drug-likeness (QED) is 0.525. The molecule has 132 valence electrons. The van der Waals surface area contributed by atoms with Crippen molar-refractivity contribution in [3.8, 4) is 17.5 Å². The Hall–Kier alpha value is -3.43. The van der Waals surface area contributed by atoms with Gasteiger partial charge in [0.1, 0.15) is 23.6 Å². The fourth-order valence-electron chi connectivity index (χ4n) is 2.75. The van der Waals surface area contributed by atoms with Crippen molar-refractivity contribution in [1.82, 2.24) is 20.0 Å². The summed E-state index contributed by atoms with van der Waals surface area (Å²) >= 11 is 6.10. The van der Waals surface area contributed by atoms with E-state index in [0.717, 1.165) is 22.3 Å². The maximum atomic E-state index is 8.98. The molecule has 27 heavy (non-hydrogen) atoms. The van der Waals surface area contributed by atoms with E-state index < -0.39 is 0 Å². The molecule has 0 saturated heterocycles. The number of para-hydroxylation sites is 1. The van der Waals surface area contributed by atoms with Crippen molar-refractivity contribution < 1.29 is 4.74 Å². The standard InChI is InChI=1S/C20H14ClN5O/c1-13(27-20-8-9-23-18-5-3-2-4-16(18)20)19-12-26(25-24-19)15-7-6-14(11-22)17(21)10-15/h2-10,12-13H,1H3/t13-/m1/s1. The predicted molar refractivity (Wildman–Crippen MR) is 102 cm³/mol. The van der Waals surface area contributed by atoms with Crippen molar-refractivity contribution in [2.75, 3.05) is 0 Å². The first kappa shape index (κ1) is 17.0. The highest BCUT2D eigenvalue weighted by Crippen LogP contribution is 2.28. The van der Waals surface area contributed by atoms with Gasteiger partial charge in [0.25, 0.3) is 0 Å². The second-order valence-electron chi connectivity index (χ2n) is 5.95. The number of aromatic nitrogens is 4. The van der Waals surface area contributed by atoms with Crippen LogP contribution in [-0.4, -0.2) is 20.0 Å². The third-order valence-corrected chi connectivity index (χ3v) is 4.49. The van der Waals surface area contributed by atoms with Crippen molar-refractivity contribution in [3.63, 3.8) is 0 Å². The van der Waals surface area contributed by atoms with Gasteiger partial charge >= 0.3 is 0 Å². The smallest absolute Gasteiger partial charge is 0.141 e. The van der Waals surface area contributed by atoms with Crippen molar-refractivity contribution in [1.29, 1.82) is 5.26 Å². The number of hydrogen-bond acceptors (Lipinski definition) is 5. The maximum absolute atomic E-state index is 8.98. The Kier molecular flexibility index (Phi) is 4.45. The average molecular weight is 376 g/mol. The Morgan fingerprint density at radius 3 is 2.85 bits per heavy atom. The summed E-state index contributed by atoms with van der Waals surface area (Å²) in [4.78, 5) is 4.34. The fraction of sp³-hybridized carbons (Fsp3) is 0.100. The molecular weight excluding hydrogens is 362 g/mol. The maximum Gasteiger partial charge on any atom is 0.141 e. The van der Waals surface area contributed by atoms with E-state index in [2.05, 4.69) is 15.3 Å². The average Bonchev–Trinajstić information content (AvgIpc) is 3.18. The number of nitriles is 1. The van der Waals surface area contributed by atoms with Crippen LogP contribution in [0.1, 0.15) is 24.3 Å². The fourth-order valence-corrected chi connectivity index (χ4v) is 2.97. The van der Waals surface area contributed by atoms with Crippen LogP contribution < -0.4 is 4.74 Å². The summed E-state index contributed by atoms with van der Waals surface area (Å²) in [6.45, 7) is 1.91. The summed E-state index contributed by atoms with van der Waals surface area (Å²) in [6, 6.07) is 16.8. The molecule has 2 heterocycles. The Balaban J connectivity index is 1.59. The minimum Gasteiger partial charge on any atom is -0.484 e. The van der Waals surface area contributed by atoms with Gasteiger partial charge < -0.3 is 4.74 Å². The molecule has 0 aliphatic carbocycles. The first-order valence-corrected chi connectivity index (χ1v) is 8.66. The Morgan fingerprint density at radius 1 is 1.19 bits per heavy atom. The van der Waals surface area contributed by atoms with Crippen LogP contribution in [0.2, 0.25) is 5.02 Å². The molecule has 1 atom stereocenters. The van der Waals surface area contributed by atoms with Gasteiger partial charge in [0.15, 0.2) is 0 Å². The molecule has 0 aliphatic rings. The number of ether oxygens (including phenoxy) is 1. The predicted octanol–water partition coefficient (Wildman–Crippen LogP) is 4.48. The lowest BCUT2D eigenvalue weighted by molar-refractivity contribution is 0.224. The number of halogens is 1. The van der Waals surface area contributed by atoms with Gasteiger partial charge in [-0.3, -0.25) is 4.98 Å². The van der Waals surface area contributed by atoms with Gasteiger partial charge in [-0.15, -0.1) is 5.10 Å². The summed E-state index contributed by atoms with van der Waals surface area (Å²) in [5, 5.41) is 18.6. The Morgan fingerprint density at radius 2 is 2.04 bits per heavy atom. The molecule has 0 radical (unpaired) electrons. The van der Waals surface area contributed by atoms with Crippen LogP contribution in [0, 0.1) is 11.3 Å². The van der Waals surface area contributed by atoms with Gasteiger partial charge in [-0.2, -0.15) is 5.26 Å². The Bertz CT molecular complexity index is 1160. The highest BCUT2D eigenvalue weighted by molar-refractivity contribution is 6.31. The highest BCUT2D eigenvalue weighted by atomic mass is 35.5. The van der Waals surface area contributed by atoms with Crippen molar-refractivity contribution in [3.05, 3.63) is 77.2 Å². The van der Waals surface area contributed by atoms with Crippen LogP contribution in [-0.2, 0) is 0 Å². The topological polar surface area (TPSA) is 76.6 Å². The van der Waals surface area contributed by atoms with E-state index >= 15 is 0 Å². The van der Waals surface area contributed by atoms with Crippen LogP contribution in [0.5, 0.6) is 5.75 Å². The van der Waals surface area contributed by atoms with E-state index in [-0.39, 0.29) is 6.10 Å². The second kappa shape index (κ2) is 7.06. The van der Waals surface area contributed by atoms with Crippen molar-refractivity contribution >= 4 is 22.5 Å². The molecule has 0 amide bonds. The summed E-state index contributed by atoms with van der Waals surface area (Å²) in [7, 11) is 0. The van der Waals surface area contributed by atoms with Gasteiger partial charge in [0, 0.05) is 11.6 Å². The van der Waals surface area contributed by atoms with Gasteiger partial charge in [-0.1, -0.05) is 28.9 Å². The zero-order valence-electron chi connectivity index (χ0n) is 14.4. The molecule has 0 N–H and O–H groups in total. The molecule has 6 nitrogen and oxygen atoms in total. The minimum absolute atomic E-state index is 0.307. The van der Waals surface area contributed by atoms with E-state index in [4.69, 9.17) is 21.6 Å². The van der Waals surface area contributed by atoms with E-state index in [1.165, 1.54) is 0 Å². The van der Waals surface area contributed by atoms with E-state index in [1.54, 1.807) is 35.3 Å². The number of rotatable bonds is 4. The molecule has 0 aliphatic heterocycles. The number of benzene rings is 2. The molecule has 4 rings (SSSR count). The van der Waals surface area contributed by atoms with E-state index in [1.807, 2.05) is 43.3 Å². The molecule has 0 spiro atoms. The molecule has 2 aromatic heterocycles. The molecule has 0 unspecified atom stereocenters. The van der Waals surface area contributed by atoms with Crippen LogP contribution in [0.25, 0.3) is 16.6 Å². The largest absolute Gasteiger partial charge is 0.484 e. The zero-order chi connectivity index (χ0) is 18.8. The second-order valence-corrected chi connectivity index (χ2v) is 6.36. The molecule has 7 heteroatoms. The molecular formula is C20H14ClN5O. The third kappa shape index (κ3) is 3.33. The molecule has 4 aromatic rings. The third-order valence-electron chi connectivity index (χ3n) is 4.18. The summed E-state index contributed by atoms with van der Waals surface area (Å²) in [5.74, 6) is 0.740. The van der Waals surface area contributed by atoms with Crippen LogP contribution in [0.15, 0.2) is 60.9 Å². The number of nitrogens with zero attached hydrogens (tertiary/aromatic N) is 5. The lowest BCUT2D eigenvalue weighted by atomic mass is 10.2. The Labute approximate surface area is 160 Å².